The molecule has 4 rings (SSSR count). The van der Waals surface area contributed by atoms with Gasteiger partial charge in [0.1, 0.15) is 0 Å². The minimum atomic E-state index is -3.54. The number of anilines is 1. The van der Waals surface area contributed by atoms with Crippen LogP contribution in [-0.2, 0) is 16.4 Å². The molecule has 1 aliphatic rings. The van der Waals surface area contributed by atoms with Crippen LogP contribution in [0.25, 0.3) is 0 Å². The number of nitrogens with zero attached hydrogens (tertiary/aromatic N) is 1. The molecule has 0 atom stereocenters. The third-order valence-corrected chi connectivity index (χ3v) is 8.86. The summed E-state index contributed by atoms with van der Waals surface area (Å²) >= 11 is 1.58. The van der Waals surface area contributed by atoms with Gasteiger partial charge < -0.3 is 5.32 Å². The average Bonchev–Trinajstić information content (AvgIpc) is 3.13. The third-order valence-electron chi connectivity index (χ3n) is 5.98. The van der Waals surface area contributed by atoms with Crippen molar-refractivity contribution in [3.8, 4) is 0 Å². The van der Waals surface area contributed by atoms with E-state index in [2.05, 4.69) is 17.4 Å². The van der Waals surface area contributed by atoms with E-state index in [1.165, 1.54) is 5.56 Å². The van der Waals surface area contributed by atoms with Crippen molar-refractivity contribution in [2.75, 3.05) is 18.4 Å². The number of piperidine rings is 1. The first-order valence-corrected chi connectivity index (χ1v) is 13.1. The molecule has 32 heavy (non-hydrogen) atoms. The lowest BCUT2D eigenvalue weighted by Crippen LogP contribution is -2.38. The zero-order valence-corrected chi connectivity index (χ0v) is 20.0. The Bertz CT molecular complexity index is 1180. The highest BCUT2D eigenvalue weighted by Crippen LogP contribution is 2.27. The number of aryl methyl sites for hydroxylation is 2. The predicted molar refractivity (Wildman–Crippen MR) is 130 cm³/mol. The Labute approximate surface area is 194 Å². The molecule has 2 heterocycles. The van der Waals surface area contributed by atoms with Crippen LogP contribution < -0.4 is 5.32 Å². The first kappa shape index (κ1) is 22.7. The third kappa shape index (κ3) is 5.11. The Morgan fingerprint density at radius 3 is 2.28 bits per heavy atom. The van der Waals surface area contributed by atoms with Gasteiger partial charge in [-0.15, -0.1) is 11.3 Å². The minimum Gasteiger partial charge on any atom is -0.322 e. The molecule has 0 bridgehead atoms. The number of nitrogens with one attached hydrogen (secondary N) is 1. The molecule has 7 heteroatoms. The monoisotopic (exact) mass is 468 g/mol. The summed E-state index contributed by atoms with van der Waals surface area (Å²) in [7, 11) is -3.54. The van der Waals surface area contributed by atoms with E-state index in [1.807, 2.05) is 38.1 Å². The molecule has 2 aromatic carbocycles. The number of amides is 1. The first-order valence-electron chi connectivity index (χ1n) is 10.9. The van der Waals surface area contributed by atoms with Crippen LogP contribution in [0.1, 0.15) is 38.5 Å². The maximum Gasteiger partial charge on any atom is 0.256 e. The fourth-order valence-electron chi connectivity index (χ4n) is 4.22. The summed E-state index contributed by atoms with van der Waals surface area (Å²) in [4.78, 5) is 14.8. The van der Waals surface area contributed by atoms with Crippen molar-refractivity contribution in [1.82, 2.24) is 4.31 Å². The number of benzene rings is 2. The molecule has 1 aromatic heterocycles. The van der Waals surface area contributed by atoms with Crippen LogP contribution in [-0.4, -0.2) is 31.7 Å². The molecule has 168 valence electrons. The Balaban J connectivity index is 1.37. The van der Waals surface area contributed by atoms with E-state index < -0.39 is 10.0 Å². The highest BCUT2D eigenvalue weighted by Gasteiger charge is 2.29. The van der Waals surface area contributed by atoms with Gasteiger partial charge in [0, 0.05) is 28.5 Å². The molecule has 5 nitrogen and oxygen atoms in total. The number of hydrogen-bond donors (Lipinski definition) is 1. The maximum atomic E-state index is 13.1. The standard InChI is InChI=1S/C25H28N2O3S2/c1-18-16-24(19(2)31-18)25(28)26-22-8-10-23(11-9-22)32(29,30)27-14-12-21(13-15-27)17-20-6-4-3-5-7-20/h3-11,16,21H,12-15,17H2,1-2H3,(H,26,28). The van der Waals surface area contributed by atoms with E-state index in [0.29, 0.717) is 30.3 Å². The molecular formula is C25H28N2O3S2. The van der Waals surface area contributed by atoms with Crippen molar-refractivity contribution in [2.45, 2.75) is 38.0 Å². The normalized spacial score (nSPS) is 15.6. The zero-order valence-electron chi connectivity index (χ0n) is 18.4. The van der Waals surface area contributed by atoms with Crippen molar-refractivity contribution < 1.29 is 13.2 Å². The molecule has 0 radical (unpaired) electrons. The van der Waals surface area contributed by atoms with Crippen molar-refractivity contribution in [1.29, 1.82) is 0 Å². The molecule has 1 amide bonds. The van der Waals surface area contributed by atoms with Crippen LogP contribution >= 0.6 is 11.3 Å². The molecule has 1 fully saturated rings. The highest BCUT2D eigenvalue weighted by atomic mass is 32.2. The van der Waals surface area contributed by atoms with Gasteiger partial charge in [0.05, 0.1) is 10.5 Å². The van der Waals surface area contributed by atoms with Gasteiger partial charge in [-0.1, -0.05) is 30.3 Å². The number of hydrogen-bond acceptors (Lipinski definition) is 4. The van der Waals surface area contributed by atoms with E-state index in [0.717, 1.165) is 29.0 Å². The van der Waals surface area contributed by atoms with Crippen molar-refractivity contribution in [3.05, 3.63) is 81.5 Å². The van der Waals surface area contributed by atoms with E-state index in [4.69, 9.17) is 0 Å². The lowest BCUT2D eigenvalue weighted by molar-refractivity contribution is 0.102. The Kier molecular flexibility index (Phi) is 6.79. The smallest absolute Gasteiger partial charge is 0.256 e. The van der Waals surface area contributed by atoms with Crippen LogP contribution in [0.15, 0.2) is 65.6 Å². The van der Waals surface area contributed by atoms with Gasteiger partial charge in [-0.25, -0.2) is 8.42 Å². The van der Waals surface area contributed by atoms with E-state index in [9.17, 15) is 13.2 Å². The summed E-state index contributed by atoms with van der Waals surface area (Å²) in [6.07, 6.45) is 2.72. The molecule has 0 saturated carbocycles. The van der Waals surface area contributed by atoms with Crippen LogP contribution in [0.5, 0.6) is 0 Å². The van der Waals surface area contributed by atoms with E-state index in [-0.39, 0.29) is 10.8 Å². The first-order chi connectivity index (χ1) is 15.3. The topological polar surface area (TPSA) is 66.5 Å². The number of thiophene rings is 1. The van der Waals surface area contributed by atoms with Crippen LogP contribution in [0, 0.1) is 19.8 Å². The van der Waals surface area contributed by atoms with E-state index in [1.54, 1.807) is 39.9 Å². The van der Waals surface area contributed by atoms with Crippen molar-refractivity contribution >= 4 is 33.0 Å². The fraction of sp³-hybridized carbons (Fsp3) is 0.320. The summed E-state index contributed by atoms with van der Waals surface area (Å²) < 4.78 is 27.8. The van der Waals surface area contributed by atoms with Crippen LogP contribution in [0.2, 0.25) is 0 Å². The number of carbonyl (C=O) groups excluding carboxylic acids is 1. The van der Waals surface area contributed by atoms with Gasteiger partial charge in [0.2, 0.25) is 10.0 Å². The number of rotatable bonds is 6. The highest BCUT2D eigenvalue weighted by molar-refractivity contribution is 7.89. The van der Waals surface area contributed by atoms with Gasteiger partial charge in [-0.3, -0.25) is 4.79 Å². The average molecular weight is 469 g/mol. The largest absolute Gasteiger partial charge is 0.322 e. The van der Waals surface area contributed by atoms with Gasteiger partial charge in [-0.05, 0) is 74.9 Å². The predicted octanol–water partition coefficient (Wildman–Crippen LogP) is 5.26. The fourth-order valence-corrected chi connectivity index (χ4v) is 6.61. The minimum absolute atomic E-state index is 0.178. The molecular weight excluding hydrogens is 440 g/mol. The summed E-state index contributed by atoms with van der Waals surface area (Å²) in [5, 5.41) is 2.86. The number of sulfonamides is 1. The van der Waals surface area contributed by atoms with Gasteiger partial charge in [0.15, 0.2) is 0 Å². The quantitative estimate of drug-likeness (QED) is 0.537. The lowest BCUT2D eigenvalue weighted by Gasteiger charge is -2.31. The second-order valence-corrected chi connectivity index (χ2v) is 11.7. The second kappa shape index (κ2) is 9.57. The zero-order chi connectivity index (χ0) is 22.7. The summed E-state index contributed by atoms with van der Waals surface area (Å²) in [5.41, 5.74) is 2.54. The molecule has 0 aliphatic carbocycles. The lowest BCUT2D eigenvalue weighted by atomic mass is 9.91. The summed E-state index contributed by atoms with van der Waals surface area (Å²) in [5.74, 6) is 0.327. The SMILES string of the molecule is Cc1cc(C(=O)Nc2ccc(S(=O)(=O)N3CCC(Cc4ccccc4)CC3)cc2)c(C)s1. The van der Waals surface area contributed by atoms with Gasteiger partial charge in [0.25, 0.3) is 5.91 Å². The Morgan fingerprint density at radius 2 is 1.69 bits per heavy atom. The van der Waals surface area contributed by atoms with Crippen LogP contribution in [0.3, 0.4) is 0 Å². The Morgan fingerprint density at radius 1 is 1.03 bits per heavy atom. The number of carbonyl (C=O) groups is 1. The molecule has 3 aromatic rings. The summed E-state index contributed by atoms with van der Waals surface area (Å²) in [6, 6.07) is 18.7. The van der Waals surface area contributed by atoms with Crippen molar-refractivity contribution in [3.63, 3.8) is 0 Å². The van der Waals surface area contributed by atoms with Crippen LogP contribution in [0.4, 0.5) is 5.69 Å². The van der Waals surface area contributed by atoms with E-state index >= 15 is 0 Å². The molecule has 0 spiro atoms. The Hall–Kier alpha value is -2.48. The molecule has 0 unspecified atom stereocenters. The van der Waals surface area contributed by atoms with Crippen molar-refractivity contribution in [2.24, 2.45) is 5.92 Å². The maximum absolute atomic E-state index is 13.1. The van der Waals surface area contributed by atoms with Gasteiger partial charge in [-0.2, -0.15) is 4.31 Å². The molecule has 1 N–H and O–H groups in total. The van der Waals surface area contributed by atoms with Gasteiger partial charge >= 0.3 is 0 Å². The summed E-state index contributed by atoms with van der Waals surface area (Å²) in [6.45, 7) is 4.97. The molecule has 1 saturated heterocycles. The molecule has 1 aliphatic heterocycles. The second-order valence-electron chi connectivity index (χ2n) is 8.34.